The highest BCUT2D eigenvalue weighted by Crippen LogP contribution is 2.27. The Bertz CT molecular complexity index is 791. The minimum absolute atomic E-state index is 0.0140. The number of non-ortho nitro benzene ring substituents is 1. The van der Waals surface area contributed by atoms with Crippen molar-refractivity contribution in [3.63, 3.8) is 0 Å². The van der Waals surface area contributed by atoms with Gasteiger partial charge in [0.25, 0.3) is 15.7 Å². The summed E-state index contributed by atoms with van der Waals surface area (Å²) in [5, 5.41) is 10.7. The fourth-order valence-corrected chi connectivity index (χ4v) is 4.01. The van der Waals surface area contributed by atoms with Crippen LogP contribution >= 0.6 is 0 Å². The maximum atomic E-state index is 13.0. The molecule has 0 saturated carbocycles. The number of hydrogen-bond donors (Lipinski definition) is 0. The van der Waals surface area contributed by atoms with Crippen LogP contribution in [0.1, 0.15) is 6.92 Å². The van der Waals surface area contributed by atoms with Crippen molar-refractivity contribution >= 4 is 21.4 Å². The Kier molecular flexibility index (Phi) is 5.53. The molecule has 0 aliphatic carbocycles. The summed E-state index contributed by atoms with van der Waals surface area (Å²) in [6.45, 7) is 1.94. The molecule has 0 radical (unpaired) electrons. The maximum Gasteiger partial charge on any atom is 0.269 e. The van der Waals surface area contributed by atoms with E-state index in [1.807, 2.05) is 0 Å². The second-order valence-corrected chi connectivity index (χ2v) is 7.01. The van der Waals surface area contributed by atoms with E-state index in [1.165, 1.54) is 35.7 Å². The molecule has 0 unspecified atom stereocenters. The highest BCUT2D eigenvalue weighted by Gasteiger charge is 2.29. The number of para-hydroxylation sites is 1. The normalized spacial score (nSPS) is 12.6. The van der Waals surface area contributed by atoms with Gasteiger partial charge < -0.3 is 4.74 Å². The molecule has 0 saturated heterocycles. The molecule has 1 atom stereocenters. The van der Waals surface area contributed by atoms with E-state index in [4.69, 9.17) is 4.74 Å². The number of sulfonamides is 1. The van der Waals surface area contributed by atoms with E-state index in [0.29, 0.717) is 5.69 Å². The van der Waals surface area contributed by atoms with Gasteiger partial charge in [0.05, 0.1) is 28.2 Å². The van der Waals surface area contributed by atoms with Crippen molar-refractivity contribution in [1.29, 1.82) is 0 Å². The number of anilines is 1. The van der Waals surface area contributed by atoms with E-state index >= 15 is 0 Å². The Morgan fingerprint density at radius 1 is 1.12 bits per heavy atom. The van der Waals surface area contributed by atoms with Gasteiger partial charge in [-0.1, -0.05) is 18.2 Å². The first-order valence-electron chi connectivity index (χ1n) is 7.21. The van der Waals surface area contributed by atoms with Gasteiger partial charge in [-0.3, -0.25) is 14.4 Å². The van der Waals surface area contributed by atoms with Gasteiger partial charge >= 0.3 is 0 Å². The molecule has 0 amide bonds. The Balaban J connectivity index is 2.49. The summed E-state index contributed by atoms with van der Waals surface area (Å²) in [7, 11) is -2.39. The van der Waals surface area contributed by atoms with Gasteiger partial charge in [-0.05, 0) is 31.2 Å². The van der Waals surface area contributed by atoms with Gasteiger partial charge in [0.1, 0.15) is 0 Å². The summed E-state index contributed by atoms with van der Waals surface area (Å²) in [6.07, 6.45) is 0. The first-order valence-corrected chi connectivity index (χ1v) is 8.65. The Labute approximate surface area is 140 Å². The molecule has 8 heteroatoms. The molecule has 0 aliphatic heterocycles. The van der Waals surface area contributed by atoms with Gasteiger partial charge in [0.2, 0.25) is 0 Å². The van der Waals surface area contributed by atoms with Crippen molar-refractivity contribution in [1.82, 2.24) is 0 Å². The standard InChI is InChI=1S/C16H18N2O5S/c1-13(12-23-2)17(14-6-4-3-5-7-14)24(21,22)16-10-8-15(9-11-16)18(19)20/h3-11,13H,12H2,1-2H3/t13-/m0/s1. The van der Waals surface area contributed by atoms with Crippen LogP contribution < -0.4 is 4.31 Å². The molecule has 2 aromatic carbocycles. The summed E-state index contributed by atoms with van der Waals surface area (Å²) in [5.74, 6) is 0. The van der Waals surface area contributed by atoms with Crippen molar-refractivity contribution in [3.05, 3.63) is 64.7 Å². The van der Waals surface area contributed by atoms with Gasteiger partial charge in [-0.25, -0.2) is 8.42 Å². The van der Waals surface area contributed by atoms with Gasteiger partial charge in [-0.15, -0.1) is 0 Å². The van der Waals surface area contributed by atoms with Crippen molar-refractivity contribution < 1.29 is 18.1 Å². The third kappa shape index (κ3) is 3.72. The van der Waals surface area contributed by atoms with Crippen LogP contribution in [0.5, 0.6) is 0 Å². The lowest BCUT2D eigenvalue weighted by molar-refractivity contribution is -0.384. The Morgan fingerprint density at radius 3 is 2.21 bits per heavy atom. The first-order chi connectivity index (χ1) is 11.4. The zero-order valence-corrected chi connectivity index (χ0v) is 14.1. The van der Waals surface area contributed by atoms with Crippen molar-refractivity contribution in [2.75, 3.05) is 18.0 Å². The number of methoxy groups -OCH3 is 1. The van der Waals surface area contributed by atoms with E-state index in [-0.39, 0.29) is 17.2 Å². The predicted octanol–water partition coefficient (Wildman–Crippen LogP) is 2.83. The molecule has 24 heavy (non-hydrogen) atoms. The van der Waals surface area contributed by atoms with Crippen molar-refractivity contribution in [2.24, 2.45) is 0 Å². The number of hydrogen-bond acceptors (Lipinski definition) is 5. The Hall–Kier alpha value is -2.45. The number of nitro benzene ring substituents is 1. The van der Waals surface area contributed by atoms with Gasteiger partial charge in [0, 0.05) is 19.2 Å². The maximum absolute atomic E-state index is 13.0. The minimum atomic E-state index is -3.89. The molecule has 0 spiro atoms. The molecule has 0 fully saturated rings. The molecule has 7 nitrogen and oxygen atoms in total. The number of ether oxygens (including phenoxy) is 1. The molecule has 0 aromatic heterocycles. The zero-order chi connectivity index (χ0) is 17.7. The fraction of sp³-hybridized carbons (Fsp3) is 0.250. The lowest BCUT2D eigenvalue weighted by Gasteiger charge is -2.30. The smallest absolute Gasteiger partial charge is 0.269 e. The third-order valence-electron chi connectivity index (χ3n) is 3.42. The van der Waals surface area contributed by atoms with E-state index in [0.717, 1.165) is 0 Å². The Morgan fingerprint density at radius 2 is 1.71 bits per heavy atom. The topological polar surface area (TPSA) is 89.8 Å². The molecule has 0 N–H and O–H groups in total. The van der Waals surface area contributed by atoms with Crippen LogP contribution in [0.2, 0.25) is 0 Å². The van der Waals surface area contributed by atoms with Crippen LogP contribution in [0.15, 0.2) is 59.5 Å². The third-order valence-corrected chi connectivity index (χ3v) is 5.38. The minimum Gasteiger partial charge on any atom is -0.383 e. The molecular formula is C16H18N2O5S. The summed E-state index contributed by atoms with van der Waals surface area (Å²) in [6, 6.07) is 13.0. The fourth-order valence-electron chi connectivity index (χ4n) is 2.37. The number of benzene rings is 2. The van der Waals surface area contributed by atoms with Crippen LogP contribution in [-0.2, 0) is 14.8 Å². The molecule has 2 rings (SSSR count). The molecule has 0 bridgehead atoms. The summed E-state index contributed by atoms with van der Waals surface area (Å²) in [4.78, 5) is 10.2. The van der Waals surface area contributed by atoms with Crippen LogP contribution in [0.4, 0.5) is 11.4 Å². The van der Waals surface area contributed by atoms with Crippen molar-refractivity contribution in [3.8, 4) is 0 Å². The monoisotopic (exact) mass is 350 g/mol. The quantitative estimate of drug-likeness (QED) is 0.566. The van der Waals surface area contributed by atoms with Crippen LogP contribution in [0.3, 0.4) is 0 Å². The largest absolute Gasteiger partial charge is 0.383 e. The molecule has 0 aliphatic rings. The van der Waals surface area contributed by atoms with Crippen LogP contribution in [-0.4, -0.2) is 33.1 Å². The first kappa shape index (κ1) is 17.9. The highest BCUT2D eigenvalue weighted by atomic mass is 32.2. The number of nitro groups is 1. The summed E-state index contributed by atoms with van der Waals surface area (Å²) >= 11 is 0. The highest BCUT2D eigenvalue weighted by molar-refractivity contribution is 7.92. The summed E-state index contributed by atoms with van der Waals surface area (Å²) < 4.78 is 32.4. The summed E-state index contributed by atoms with van der Waals surface area (Å²) in [5.41, 5.74) is 0.338. The molecular weight excluding hydrogens is 332 g/mol. The second-order valence-electron chi connectivity index (χ2n) is 5.19. The number of nitrogens with zero attached hydrogens (tertiary/aromatic N) is 2. The lowest BCUT2D eigenvalue weighted by atomic mass is 10.3. The van der Waals surface area contributed by atoms with Gasteiger partial charge in [-0.2, -0.15) is 0 Å². The van der Waals surface area contributed by atoms with E-state index in [9.17, 15) is 18.5 Å². The van der Waals surface area contributed by atoms with E-state index in [1.54, 1.807) is 37.3 Å². The average molecular weight is 350 g/mol. The number of rotatable bonds is 7. The average Bonchev–Trinajstić information content (AvgIpc) is 2.56. The van der Waals surface area contributed by atoms with Crippen LogP contribution in [0, 0.1) is 10.1 Å². The molecule has 128 valence electrons. The lowest BCUT2D eigenvalue weighted by Crippen LogP contribution is -2.41. The zero-order valence-electron chi connectivity index (χ0n) is 13.3. The SMILES string of the molecule is COC[C@H](C)N(c1ccccc1)S(=O)(=O)c1ccc([N+](=O)[O-])cc1. The second kappa shape index (κ2) is 7.41. The van der Waals surface area contributed by atoms with Crippen molar-refractivity contribution in [2.45, 2.75) is 17.9 Å². The van der Waals surface area contributed by atoms with E-state index < -0.39 is 21.0 Å². The van der Waals surface area contributed by atoms with Crippen LogP contribution in [0.25, 0.3) is 0 Å². The van der Waals surface area contributed by atoms with Gasteiger partial charge in [0.15, 0.2) is 0 Å². The molecule has 2 aromatic rings. The molecule has 0 heterocycles. The van der Waals surface area contributed by atoms with E-state index in [2.05, 4.69) is 0 Å². The predicted molar refractivity (Wildman–Crippen MR) is 90.5 cm³/mol.